The number of nitro groups is 1. The number of thioether (sulfide) groups is 1. The lowest BCUT2D eigenvalue weighted by Gasteiger charge is -2.20. The Morgan fingerprint density at radius 2 is 1.93 bits per heavy atom. The van der Waals surface area contributed by atoms with Gasteiger partial charge in [-0.05, 0) is 30.0 Å². The second-order valence-electron chi connectivity index (χ2n) is 7.70. The quantitative estimate of drug-likeness (QED) is 0.324. The first kappa shape index (κ1) is 20.8. The molecule has 2 aromatic heterocycles. The molecule has 0 saturated heterocycles. The monoisotopic (exact) mass is 416 g/mol. The molecule has 3 aromatic rings. The summed E-state index contributed by atoms with van der Waals surface area (Å²) in [6.07, 6.45) is 2.33. The van der Waals surface area contributed by atoms with Gasteiger partial charge >= 0.3 is 5.69 Å². The van der Waals surface area contributed by atoms with E-state index in [1.807, 2.05) is 30.7 Å². The molecule has 0 N–H and O–H groups in total. The van der Waals surface area contributed by atoms with Gasteiger partial charge in [-0.2, -0.15) is 5.10 Å². The van der Waals surface area contributed by atoms with E-state index < -0.39 is 4.92 Å². The average molecular weight is 417 g/mol. The van der Waals surface area contributed by atoms with Crippen molar-refractivity contribution in [3.05, 3.63) is 58.2 Å². The molecule has 0 spiro atoms. The van der Waals surface area contributed by atoms with Gasteiger partial charge in [-0.3, -0.25) is 14.8 Å². The molecule has 0 aliphatic rings. The van der Waals surface area contributed by atoms with Crippen LogP contribution < -0.4 is 4.74 Å². The highest BCUT2D eigenvalue weighted by Crippen LogP contribution is 2.27. The van der Waals surface area contributed by atoms with E-state index in [0.717, 1.165) is 5.75 Å². The molecule has 0 aliphatic heterocycles. The van der Waals surface area contributed by atoms with Gasteiger partial charge in [0.25, 0.3) is 0 Å². The number of benzene rings is 1. The summed E-state index contributed by atoms with van der Waals surface area (Å²) in [5, 5.41) is 23.8. The van der Waals surface area contributed by atoms with E-state index in [2.05, 4.69) is 48.2 Å². The molecule has 29 heavy (non-hydrogen) atoms. The highest BCUT2D eigenvalue weighted by Gasteiger charge is 2.19. The molecule has 0 amide bonds. The third-order valence-corrected chi connectivity index (χ3v) is 5.43. The lowest BCUT2D eigenvalue weighted by Crippen LogP contribution is -2.12. The van der Waals surface area contributed by atoms with Crippen molar-refractivity contribution in [3.63, 3.8) is 0 Å². The van der Waals surface area contributed by atoms with Crippen LogP contribution in [0.2, 0.25) is 0 Å². The van der Waals surface area contributed by atoms with Gasteiger partial charge in [0.05, 0.1) is 10.8 Å². The number of aromatic nitrogens is 5. The van der Waals surface area contributed by atoms with Gasteiger partial charge < -0.3 is 9.30 Å². The zero-order chi connectivity index (χ0) is 21.2. The standard InChI is InChI=1S/C19H24N6O3S/c1-13(28-16-8-6-14(7-9-16)19(2,3)4)17-21-22-18(23(17)5)29-12-24-11-15(10-20-24)25(26)27/h6-11,13H,12H2,1-5H3. The van der Waals surface area contributed by atoms with Crippen molar-refractivity contribution in [3.8, 4) is 5.75 Å². The molecule has 0 saturated carbocycles. The van der Waals surface area contributed by atoms with E-state index >= 15 is 0 Å². The van der Waals surface area contributed by atoms with Gasteiger partial charge in [-0.25, -0.2) is 0 Å². The minimum absolute atomic E-state index is 0.0382. The van der Waals surface area contributed by atoms with Crippen LogP contribution in [0, 0.1) is 10.1 Å². The fourth-order valence-corrected chi connectivity index (χ4v) is 3.51. The van der Waals surface area contributed by atoms with Crippen molar-refractivity contribution in [2.24, 2.45) is 7.05 Å². The molecule has 1 unspecified atom stereocenters. The van der Waals surface area contributed by atoms with Gasteiger partial charge in [-0.1, -0.05) is 44.7 Å². The van der Waals surface area contributed by atoms with Gasteiger partial charge in [0.15, 0.2) is 17.1 Å². The second-order valence-corrected chi connectivity index (χ2v) is 8.61. The van der Waals surface area contributed by atoms with Crippen LogP contribution in [0.5, 0.6) is 5.75 Å². The van der Waals surface area contributed by atoms with Crippen LogP contribution in [0.25, 0.3) is 0 Å². The van der Waals surface area contributed by atoms with E-state index in [9.17, 15) is 10.1 Å². The Balaban J connectivity index is 1.64. The van der Waals surface area contributed by atoms with Crippen LogP contribution in [0.4, 0.5) is 5.69 Å². The molecule has 10 heteroatoms. The summed E-state index contributed by atoms with van der Waals surface area (Å²) in [4.78, 5) is 10.3. The lowest BCUT2D eigenvalue weighted by atomic mass is 9.87. The van der Waals surface area contributed by atoms with E-state index in [1.165, 1.54) is 34.4 Å². The first-order valence-electron chi connectivity index (χ1n) is 9.11. The Kier molecular flexibility index (Phi) is 5.92. The third-order valence-electron chi connectivity index (χ3n) is 4.42. The Bertz CT molecular complexity index is 990. The Labute approximate surface area is 173 Å². The Morgan fingerprint density at radius 3 is 2.52 bits per heavy atom. The van der Waals surface area contributed by atoms with Gasteiger partial charge in [0, 0.05) is 7.05 Å². The van der Waals surface area contributed by atoms with E-state index in [1.54, 1.807) is 0 Å². The maximum atomic E-state index is 10.7. The summed E-state index contributed by atoms with van der Waals surface area (Å²) in [7, 11) is 1.87. The molecule has 0 bridgehead atoms. The Hall–Kier alpha value is -2.88. The fraction of sp³-hybridized carbons (Fsp3) is 0.421. The van der Waals surface area contributed by atoms with E-state index in [4.69, 9.17) is 4.74 Å². The Morgan fingerprint density at radius 1 is 1.24 bits per heavy atom. The zero-order valence-corrected chi connectivity index (χ0v) is 17.9. The molecule has 154 valence electrons. The van der Waals surface area contributed by atoms with Crippen molar-refractivity contribution in [1.29, 1.82) is 0 Å². The average Bonchev–Trinajstić information content (AvgIpc) is 3.26. The van der Waals surface area contributed by atoms with Gasteiger partial charge in [-0.15, -0.1) is 10.2 Å². The number of rotatable bonds is 7. The maximum Gasteiger partial charge on any atom is 0.307 e. The van der Waals surface area contributed by atoms with Crippen LogP contribution in [-0.2, 0) is 18.3 Å². The summed E-state index contributed by atoms with van der Waals surface area (Å²) >= 11 is 1.39. The molecule has 1 aromatic carbocycles. The molecule has 9 nitrogen and oxygen atoms in total. The van der Waals surface area contributed by atoms with Crippen LogP contribution in [-0.4, -0.2) is 29.5 Å². The number of hydrogen-bond acceptors (Lipinski definition) is 7. The van der Waals surface area contributed by atoms with Crippen LogP contribution in [0.1, 0.15) is 45.2 Å². The van der Waals surface area contributed by atoms with Crippen LogP contribution in [0.3, 0.4) is 0 Å². The summed E-state index contributed by atoms with van der Waals surface area (Å²) in [5.74, 6) is 1.86. The fourth-order valence-electron chi connectivity index (χ4n) is 2.74. The largest absolute Gasteiger partial charge is 0.483 e. The number of hydrogen-bond donors (Lipinski definition) is 0. The predicted octanol–water partition coefficient (Wildman–Crippen LogP) is 4.11. The third kappa shape index (κ3) is 4.94. The summed E-state index contributed by atoms with van der Waals surface area (Å²) in [5.41, 5.74) is 1.30. The molecule has 1 atom stereocenters. The molecule has 0 radical (unpaired) electrons. The minimum Gasteiger partial charge on any atom is -0.483 e. The van der Waals surface area contributed by atoms with Crippen molar-refractivity contribution >= 4 is 17.4 Å². The minimum atomic E-state index is -0.471. The van der Waals surface area contributed by atoms with Gasteiger partial charge in [0.2, 0.25) is 0 Å². The number of nitrogens with zero attached hydrogens (tertiary/aromatic N) is 6. The first-order chi connectivity index (χ1) is 13.6. The first-order valence-corrected chi connectivity index (χ1v) is 10.1. The van der Waals surface area contributed by atoms with Crippen molar-refractivity contribution in [2.45, 2.75) is 50.2 Å². The predicted molar refractivity (Wildman–Crippen MR) is 110 cm³/mol. The van der Waals surface area contributed by atoms with Gasteiger partial charge in [0.1, 0.15) is 18.1 Å². The topological polar surface area (TPSA) is 101 Å². The molecule has 2 heterocycles. The zero-order valence-electron chi connectivity index (χ0n) is 17.1. The summed E-state index contributed by atoms with van der Waals surface area (Å²) in [6, 6.07) is 8.08. The number of ether oxygens (including phenoxy) is 1. The molecular formula is C19H24N6O3S. The highest BCUT2D eigenvalue weighted by atomic mass is 32.2. The SMILES string of the molecule is CC(Oc1ccc(C(C)(C)C)cc1)c1nnc(SCn2cc([N+](=O)[O-])cn2)n1C. The van der Waals surface area contributed by atoms with Crippen LogP contribution in [0.15, 0.2) is 41.8 Å². The smallest absolute Gasteiger partial charge is 0.307 e. The van der Waals surface area contributed by atoms with Crippen molar-refractivity contribution < 1.29 is 9.66 Å². The lowest BCUT2D eigenvalue weighted by molar-refractivity contribution is -0.385. The molecule has 0 fully saturated rings. The normalized spacial score (nSPS) is 12.7. The highest BCUT2D eigenvalue weighted by molar-refractivity contribution is 7.98. The van der Waals surface area contributed by atoms with Crippen LogP contribution >= 0.6 is 11.8 Å². The van der Waals surface area contributed by atoms with E-state index in [-0.39, 0.29) is 17.2 Å². The summed E-state index contributed by atoms with van der Waals surface area (Å²) < 4.78 is 9.38. The van der Waals surface area contributed by atoms with Crippen molar-refractivity contribution in [2.75, 3.05) is 0 Å². The maximum absolute atomic E-state index is 10.7. The van der Waals surface area contributed by atoms with E-state index in [0.29, 0.717) is 16.9 Å². The molecule has 0 aliphatic carbocycles. The van der Waals surface area contributed by atoms with Crippen molar-refractivity contribution in [1.82, 2.24) is 24.5 Å². The summed E-state index contributed by atoms with van der Waals surface area (Å²) in [6.45, 7) is 8.44. The molecular weight excluding hydrogens is 392 g/mol. The second kappa shape index (κ2) is 8.24. The molecule has 3 rings (SSSR count).